The minimum absolute atomic E-state index is 0. The lowest BCUT2D eigenvalue weighted by Crippen LogP contribution is -2.50. The fourth-order valence-electron chi connectivity index (χ4n) is 4.65. The van der Waals surface area contributed by atoms with Crippen LogP contribution in [0.4, 0.5) is 0 Å². The smallest absolute Gasteiger partial charge is 0.194 e. The highest BCUT2D eigenvalue weighted by Gasteiger charge is 2.41. The number of likely N-dealkylation sites (tertiary alicyclic amines) is 1. The zero-order chi connectivity index (χ0) is 21.8. The Bertz CT molecular complexity index is 1020. The lowest BCUT2D eigenvalue weighted by Gasteiger charge is -2.36. The van der Waals surface area contributed by atoms with Gasteiger partial charge in [0.2, 0.25) is 0 Å². The van der Waals surface area contributed by atoms with E-state index in [0.29, 0.717) is 6.04 Å². The van der Waals surface area contributed by atoms with E-state index < -0.39 is 0 Å². The lowest BCUT2D eigenvalue weighted by atomic mass is 10.1. The molecule has 8 heteroatoms. The summed E-state index contributed by atoms with van der Waals surface area (Å²) in [6.45, 7) is 5.25. The number of nitrogens with zero attached hydrogens (tertiary/aromatic N) is 5. The van der Waals surface area contributed by atoms with Crippen molar-refractivity contribution in [1.29, 1.82) is 0 Å². The Kier molecular flexibility index (Phi) is 8.00. The molecule has 174 valence electrons. The van der Waals surface area contributed by atoms with Crippen LogP contribution >= 0.6 is 24.0 Å². The van der Waals surface area contributed by atoms with Crippen molar-refractivity contribution in [3.05, 3.63) is 84.2 Å². The van der Waals surface area contributed by atoms with E-state index in [-0.39, 0.29) is 30.1 Å². The number of benzene rings is 2. The quantitative estimate of drug-likeness (QED) is 0.297. The minimum atomic E-state index is 0. The molecule has 0 aliphatic carbocycles. The molecule has 0 saturated carbocycles. The third kappa shape index (κ3) is 5.56. The summed E-state index contributed by atoms with van der Waals surface area (Å²) in [4.78, 5) is 9.44. The SMILES string of the molecule is CN=C(NCc1ccc(-n2cccn2)cc1)N1CC2OCCN(Cc3ccccc3)C2C1.I. The molecule has 0 radical (unpaired) electrons. The lowest BCUT2D eigenvalue weighted by molar-refractivity contribution is -0.0502. The van der Waals surface area contributed by atoms with E-state index in [0.717, 1.165) is 51.0 Å². The van der Waals surface area contributed by atoms with Gasteiger partial charge in [-0.2, -0.15) is 5.10 Å². The van der Waals surface area contributed by atoms with Gasteiger partial charge in [-0.1, -0.05) is 42.5 Å². The normalized spacial score (nSPS) is 20.9. The Labute approximate surface area is 212 Å². The Morgan fingerprint density at radius 3 is 2.61 bits per heavy atom. The van der Waals surface area contributed by atoms with Crippen molar-refractivity contribution in [2.75, 3.05) is 33.3 Å². The summed E-state index contributed by atoms with van der Waals surface area (Å²) in [6.07, 6.45) is 3.96. The first kappa shape index (κ1) is 23.7. The zero-order valence-corrected chi connectivity index (χ0v) is 21.2. The molecule has 2 atom stereocenters. The summed E-state index contributed by atoms with van der Waals surface area (Å²) < 4.78 is 8.00. The Morgan fingerprint density at radius 1 is 1.06 bits per heavy atom. The van der Waals surface area contributed by atoms with Gasteiger partial charge in [-0.25, -0.2) is 4.68 Å². The fourth-order valence-corrected chi connectivity index (χ4v) is 4.65. The summed E-state index contributed by atoms with van der Waals surface area (Å²) in [5.74, 6) is 0.929. The Balaban J connectivity index is 0.00000259. The van der Waals surface area contributed by atoms with Gasteiger partial charge in [0.05, 0.1) is 24.4 Å². The summed E-state index contributed by atoms with van der Waals surface area (Å²) in [5, 5.41) is 7.82. The van der Waals surface area contributed by atoms with Crippen LogP contribution in [0, 0.1) is 0 Å². The average Bonchev–Trinajstić information content (AvgIpc) is 3.52. The van der Waals surface area contributed by atoms with Gasteiger partial charge in [-0.15, -0.1) is 24.0 Å². The molecule has 5 rings (SSSR count). The molecular weight excluding hydrogens is 527 g/mol. The maximum absolute atomic E-state index is 6.13. The second kappa shape index (κ2) is 11.1. The molecule has 2 saturated heterocycles. The number of rotatable bonds is 5. The van der Waals surface area contributed by atoms with Crippen LogP contribution in [-0.2, 0) is 17.8 Å². The first-order valence-electron chi connectivity index (χ1n) is 11.2. The number of hydrogen-bond acceptors (Lipinski definition) is 4. The van der Waals surface area contributed by atoms with E-state index in [1.54, 1.807) is 6.20 Å². The van der Waals surface area contributed by atoms with Crippen LogP contribution in [0.5, 0.6) is 0 Å². The third-order valence-electron chi connectivity index (χ3n) is 6.31. The molecule has 2 unspecified atom stereocenters. The molecule has 3 heterocycles. The predicted octanol–water partition coefficient (Wildman–Crippen LogP) is 3.15. The number of guanidine groups is 1. The van der Waals surface area contributed by atoms with Crippen LogP contribution in [0.2, 0.25) is 0 Å². The van der Waals surface area contributed by atoms with Crippen molar-refractivity contribution >= 4 is 29.9 Å². The fraction of sp³-hybridized carbons (Fsp3) is 0.360. The highest BCUT2D eigenvalue weighted by Crippen LogP contribution is 2.24. The van der Waals surface area contributed by atoms with E-state index >= 15 is 0 Å². The molecule has 0 bridgehead atoms. The van der Waals surface area contributed by atoms with E-state index in [4.69, 9.17) is 4.74 Å². The number of ether oxygens (including phenoxy) is 1. The van der Waals surface area contributed by atoms with Crippen molar-refractivity contribution in [2.24, 2.45) is 4.99 Å². The van der Waals surface area contributed by atoms with E-state index in [1.165, 1.54) is 11.1 Å². The molecule has 7 nitrogen and oxygen atoms in total. The van der Waals surface area contributed by atoms with Crippen LogP contribution < -0.4 is 5.32 Å². The van der Waals surface area contributed by atoms with Gasteiger partial charge in [0.15, 0.2) is 5.96 Å². The van der Waals surface area contributed by atoms with Gasteiger partial charge >= 0.3 is 0 Å². The Morgan fingerprint density at radius 2 is 1.88 bits per heavy atom. The maximum Gasteiger partial charge on any atom is 0.194 e. The van der Waals surface area contributed by atoms with Gasteiger partial charge in [-0.3, -0.25) is 9.89 Å². The first-order valence-corrected chi connectivity index (χ1v) is 11.2. The summed E-state index contributed by atoms with van der Waals surface area (Å²) in [6, 6.07) is 21.5. The molecule has 2 aliphatic heterocycles. The predicted molar refractivity (Wildman–Crippen MR) is 141 cm³/mol. The third-order valence-corrected chi connectivity index (χ3v) is 6.31. The van der Waals surface area contributed by atoms with E-state index in [2.05, 4.69) is 79.8 Å². The molecule has 0 amide bonds. The topological polar surface area (TPSA) is 57.9 Å². The van der Waals surface area contributed by atoms with Gasteiger partial charge in [0.25, 0.3) is 0 Å². The second-order valence-corrected chi connectivity index (χ2v) is 8.36. The highest BCUT2D eigenvalue weighted by molar-refractivity contribution is 14.0. The number of morpholine rings is 1. The number of fused-ring (bicyclic) bond motifs is 1. The van der Waals surface area contributed by atoms with Crippen molar-refractivity contribution in [3.63, 3.8) is 0 Å². The van der Waals surface area contributed by atoms with Crippen molar-refractivity contribution in [2.45, 2.75) is 25.2 Å². The van der Waals surface area contributed by atoms with Crippen LogP contribution in [-0.4, -0.2) is 71.0 Å². The molecule has 2 fully saturated rings. The molecular formula is C25H31IN6O. The number of halogens is 1. The molecule has 0 spiro atoms. The first-order chi connectivity index (χ1) is 15.8. The molecule has 3 aromatic rings. The van der Waals surface area contributed by atoms with Crippen LogP contribution in [0.25, 0.3) is 5.69 Å². The van der Waals surface area contributed by atoms with Crippen molar-refractivity contribution in [1.82, 2.24) is 24.9 Å². The zero-order valence-electron chi connectivity index (χ0n) is 18.9. The van der Waals surface area contributed by atoms with Crippen molar-refractivity contribution in [3.8, 4) is 5.69 Å². The standard InChI is InChI=1S/C25H30N6O.HI/c1-26-25(27-16-20-8-10-22(11-9-20)31-13-5-12-28-31)30-18-23-24(19-30)32-15-14-29(23)17-21-6-3-2-4-7-21;/h2-13,23-24H,14-19H2,1H3,(H,26,27);1H. The monoisotopic (exact) mass is 558 g/mol. The minimum Gasteiger partial charge on any atom is -0.373 e. The highest BCUT2D eigenvalue weighted by atomic mass is 127. The molecule has 2 aromatic carbocycles. The van der Waals surface area contributed by atoms with Crippen LogP contribution in [0.15, 0.2) is 78.0 Å². The Hall–Kier alpha value is -2.43. The van der Waals surface area contributed by atoms with Crippen LogP contribution in [0.1, 0.15) is 11.1 Å². The van der Waals surface area contributed by atoms with Gasteiger partial charge in [0.1, 0.15) is 0 Å². The molecule has 1 N–H and O–H groups in total. The van der Waals surface area contributed by atoms with Gasteiger partial charge < -0.3 is 15.0 Å². The number of aromatic nitrogens is 2. The molecule has 2 aliphatic rings. The van der Waals surface area contributed by atoms with Gasteiger partial charge in [-0.05, 0) is 29.3 Å². The van der Waals surface area contributed by atoms with Crippen molar-refractivity contribution < 1.29 is 4.74 Å². The van der Waals surface area contributed by atoms with E-state index in [1.807, 2.05) is 24.0 Å². The van der Waals surface area contributed by atoms with E-state index in [9.17, 15) is 0 Å². The number of nitrogens with one attached hydrogen (secondary N) is 1. The van der Waals surface area contributed by atoms with Crippen LogP contribution in [0.3, 0.4) is 0 Å². The van der Waals surface area contributed by atoms with Gasteiger partial charge in [0, 0.05) is 52.2 Å². The summed E-state index contributed by atoms with van der Waals surface area (Å²) in [5.41, 5.74) is 3.62. The maximum atomic E-state index is 6.13. The number of aliphatic imine (C=N–C) groups is 1. The largest absolute Gasteiger partial charge is 0.373 e. The summed E-state index contributed by atoms with van der Waals surface area (Å²) in [7, 11) is 1.85. The summed E-state index contributed by atoms with van der Waals surface area (Å²) >= 11 is 0. The second-order valence-electron chi connectivity index (χ2n) is 8.36. The molecule has 33 heavy (non-hydrogen) atoms. The number of hydrogen-bond donors (Lipinski definition) is 1. The average molecular weight is 558 g/mol. The molecule has 1 aromatic heterocycles.